The van der Waals surface area contributed by atoms with Crippen molar-refractivity contribution in [1.29, 1.82) is 0 Å². The number of halogens is 3. The van der Waals surface area contributed by atoms with Gasteiger partial charge in [0.15, 0.2) is 0 Å². The third-order valence-electron chi connectivity index (χ3n) is 5.63. The summed E-state index contributed by atoms with van der Waals surface area (Å²) in [5.74, 6) is 0.500. The molecule has 0 aliphatic carbocycles. The van der Waals surface area contributed by atoms with Gasteiger partial charge in [-0.2, -0.15) is 13.2 Å². The predicted octanol–water partition coefficient (Wildman–Crippen LogP) is 3.45. The fourth-order valence-corrected chi connectivity index (χ4v) is 5.49. The van der Waals surface area contributed by atoms with Gasteiger partial charge in [0.2, 0.25) is 15.9 Å². The molecule has 0 saturated carbocycles. The number of carbonyl (C=O) groups excluding carboxylic acids is 1. The van der Waals surface area contributed by atoms with Crippen molar-refractivity contribution in [2.75, 3.05) is 41.6 Å². The number of hydrogen-bond donors (Lipinski definition) is 1. The standard InChI is InChI=1S/C22H24F3N5O3S2/c1-2-35(32,33)28-16-5-3-15(4-6-16)11-19(31)29-7-9-30(10-8-29)20-18-12-17(13-22(23,24)25)34-21(18)27-14-26-20/h3-6,12,14,28H,2,7-11,13H2,1H3. The number of hydrogen-bond acceptors (Lipinski definition) is 7. The summed E-state index contributed by atoms with van der Waals surface area (Å²) in [6.45, 7) is 3.46. The van der Waals surface area contributed by atoms with Crippen LogP contribution in [0.1, 0.15) is 17.4 Å². The number of sulfonamides is 1. The van der Waals surface area contributed by atoms with Gasteiger partial charge in [-0.25, -0.2) is 18.4 Å². The van der Waals surface area contributed by atoms with Crippen molar-refractivity contribution < 1.29 is 26.4 Å². The normalized spacial score (nSPS) is 15.0. The molecule has 0 bridgehead atoms. The molecule has 0 radical (unpaired) electrons. The SMILES string of the molecule is CCS(=O)(=O)Nc1ccc(CC(=O)N2CCN(c3ncnc4sc(CC(F)(F)F)cc34)CC2)cc1. The molecule has 1 aliphatic heterocycles. The van der Waals surface area contributed by atoms with E-state index in [0.29, 0.717) is 47.9 Å². The molecule has 13 heteroatoms. The molecule has 0 spiro atoms. The molecule has 1 N–H and O–H groups in total. The van der Waals surface area contributed by atoms with Crippen molar-refractivity contribution in [2.24, 2.45) is 0 Å². The minimum atomic E-state index is -4.29. The minimum Gasteiger partial charge on any atom is -0.352 e. The lowest BCUT2D eigenvalue weighted by atomic mass is 10.1. The zero-order valence-corrected chi connectivity index (χ0v) is 20.5. The number of anilines is 2. The van der Waals surface area contributed by atoms with Gasteiger partial charge < -0.3 is 9.80 Å². The maximum atomic E-state index is 12.8. The summed E-state index contributed by atoms with van der Waals surface area (Å²) < 4.78 is 64.2. The summed E-state index contributed by atoms with van der Waals surface area (Å²) in [4.78, 5) is 25.6. The third-order valence-corrected chi connectivity index (χ3v) is 7.98. The van der Waals surface area contributed by atoms with Crippen molar-refractivity contribution in [3.63, 3.8) is 0 Å². The van der Waals surface area contributed by atoms with Gasteiger partial charge in [-0.15, -0.1) is 11.3 Å². The Morgan fingerprint density at radius 3 is 2.43 bits per heavy atom. The number of rotatable bonds is 7. The van der Waals surface area contributed by atoms with Gasteiger partial charge >= 0.3 is 6.18 Å². The van der Waals surface area contributed by atoms with Crippen LogP contribution in [0.4, 0.5) is 24.7 Å². The number of aromatic nitrogens is 2. The number of fused-ring (bicyclic) bond motifs is 1. The molecule has 2 aromatic heterocycles. The third kappa shape index (κ3) is 6.40. The van der Waals surface area contributed by atoms with Crippen LogP contribution in [0, 0.1) is 0 Å². The molecule has 3 aromatic rings. The fourth-order valence-electron chi connectivity index (χ4n) is 3.83. The lowest BCUT2D eigenvalue weighted by Crippen LogP contribution is -2.49. The molecule has 1 aromatic carbocycles. The Morgan fingerprint density at radius 2 is 1.80 bits per heavy atom. The zero-order valence-electron chi connectivity index (χ0n) is 18.9. The quantitative estimate of drug-likeness (QED) is 0.506. The van der Waals surface area contributed by atoms with Gasteiger partial charge in [-0.05, 0) is 30.7 Å². The summed E-state index contributed by atoms with van der Waals surface area (Å²) >= 11 is 1.01. The summed E-state index contributed by atoms with van der Waals surface area (Å²) in [6, 6.07) is 8.19. The van der Waals surface area contributed by atoms with Crippen LogP contribution in [0.2, 0.25) is 0 Å². The average Bonchev–Trinajstić information content (AvgIpc) is 3.21. The first-order valence-electron chi connectivity index (χ1n) is 11.0. The number of benzene rings is 1. The highest BCUT2D eigenvalue weighted by Gasteiger charge is 2.30. The van der Waals surface area contributed by atoms with Crippen LogP contribution in [-0.4, -0.2) is 67.3 Å². The molecule has 3 heterocycles. The van der Waals surface area contributed by atoms with Gasteiger partial charge in [0, 0.05) is 36.7 Å². The lowest BCUT2D eigenvalue weighted by molar-refractivity contribution is -0.130. The van der Waals surface area contributed by atoms with Crippen LogP contribution in [0.5, 0.6) is 0 Å². The van der Waals surface area contributed by atoms with Crippen LogP contribution in [0.3, 0.4) is 0 Å². The second-order valence-electron chi connectivity index (χ2n) is 8.17. The Kier molecular flexibility index (Phi) is 7.17. The number of alkyl halides is 3. The summed E-state index contributed by atoms with van der Waals surface area (Å²) in [5.41, 5.74) is 1.21. The number of thiophene rings is 1. The highest BCUT2D eigenvalue weighted by atomic mass is 32.2. The van der Waals surface area contributed by atoms with E-state index >= 15 is 0 Å². The van der Waals surface area contributed by atoms with Crippen molar-refractivity contribution >= 4 is 49.0 Å². The summed E-state index contributed by atoms with van der Waals surface area (Å²) in [6.07, 6.45) is -3.75. The molecular formula is C22H24F3N5O3S2. The van der Waals surface area contributed by atoms with E-state index < -0.39 is 22.6 Å². The Bertz CT molecular complexity index is 1300. The minimum absolute atomic E-state index is 0.0269. The summed E-state index contributed by atoms with van der Waals surface area (Å²) in [7, 11) is -3.36. The van der Waals surface area contributed by atoms with E-state index in [9.17, 15) is 26.4 Å². The number of nitrogens with one attached hydrogen (secondary N) is 1. The van der Waals surface area contributed by atoms with Crippen LogP contribution in [-0.2, 0) is 27.7 Å². The van der Waals surface area contributed by atoms with E-state index in [1.54, 1.807) is 36.1 Å². The maximum Gasteiger partial charge on any atom is 0.393 e. The van der Waals surface area contributed by atoms with Gasteiger partial charge in [0.25, 0.3) is 0 Å². The Balaban J connectivity index is 1.36. The maximum absolute atomic E-state index is 12.8. The Labute approximate surface area is 204 Å². The van der Waals surface area contributed by atoms with E-state index in [2.05, 4.69) is 14.7 Å². The van der Waals surface area contributed by atoms with Gasteiger partial charge in [-0.3, -0.25) is 9.52 Å². The Morgan fingerprint density at radius 1 is 1.11 bits per heavy atom. The molecule has 1 fully saturated rings. The monoisotopic (exact) mass is 527 g/mol. The first kappa shape index (κ1) is 25.2. The second-order valence-corrected chi connectivity index (χ2v) is 11.3. The number of amides is 1. The highest BCUT2D eigenvalue weighted by molar-refractivity contribution is 7.92. The van der Waals surface area contributed by atoms with Crippen molar-refractivity contribution in [2.45, 2.75) is 25.9 Å². The molecule has 1 amide bonds. The zero-order chi connectivity index (χ0) is 25.2. The first-order valence-corrected chi connectivity index (χ1v) is 13.4. The number of carbonyl (C=O) groups is 1. The van der Waals surface area contributed by atoms with Crippen LogP contribution < -0.4 is 9.62 Å². The van der Waals surface area contributed by atoms with Gasteiger partial charge in [0.1, 0.15) is 17.0 Å². The average molecular weight is 528 g/mol. The molecule has 0 unspecified atom stereocenters. The molecule has 1 saturated heterocycles. The Hall–Kier alpha value is -2.93. The van der Waals surface area contributed by atoms with Gasteiger partial charge in [-0.1, -0.05) is 12.1 Å². The van der Waals surface area contributed by atoms with Gasteiger partial charge in [0.05, 0.1) is 24.0 Å². The smallest absolute Gasteiger partial charge is 0.352 e. The highest BCUT2D eigenvalue weighted by Crippen LogP contribution is 2.34. The summed E-state index contributed by atoms with van der Waals surface area (Å²) in [5, 5.41) is 0.593. The number of piperazine rings is 1. The lowest BCUT2D eigenvalue weighted by Gasteiger charge is -2.35. The van der Waals surface area contributed by atoms with Crippen LogP contribution >= 0.6 is 11.3 Å². The van der Waals surface area contributed by atoms with E-state index in [-0.39, 0.29) is 23.0 Å². The number of nitrogens with zero attached hydrogens (tertiary/aromatic N) is 4. The molecule has 4 rings (SSSR count). The van der Waals surface area contributed by atoms with Crippen LogP contribution in [0.15, 0.2) is 36.7 Å². The van der Waals surface area contributed by atoms with Crippen LogP contribution in [0.25, 0.3) is 10.2 Å². The second kappa shape index (κ2) is 9.97. The molecule has 188 valence electrons. The molecular weight excluding hydrogens is 503 g/mol. The van der Waals surface area contributed by atoms with E-state index in [1.807, 2.05) is 4.90 Å². The predicted molar refractivity (Wildman–Crippen MR) is 129 cm³/mol. The topological polar surface area (TPSA) is 95.5 Å². The van der Waals surface area contributed by atoms with E-state index in [0.717, 1.165) is 16.9 Å². The molecule has 0 atom stereocenters. The first-order chi connectivity index (χ1) is 16.5. The molecule has 35 heavy (non-hydrogen) atoms. The molecule has 1 aliphatic rings. The van der Waals surface area contributed by atoms with E-state index in [1.165, 1.54) is 12.4 Å². The van der Waals surface area contributed by atoms with Crippen molar-refractivity contribution in [3.05, 3.63) is 47.1 Å². The van der Waals surface area contributed by atoms with E-state index in [4.69, 9.17) is 0 Å². The van der Waals surface area contributed by atoms with Crippen molar-refractivity contribution in [1.82, 2.24) is 14.9 Å². The fraction of sp³-hybridized carbons (Fsp3) is 0.409. The van der Waals surface area contributed by atoms with Crippen molar-refractivity contribution in [3.8, 4) is 0 Å². The largest absolute Gasteiger partial charge is 0.393 e. The molecule has 8 nitrogen and oxygen atoms in total.